The summed E-state index contributed by atoms with van der Waals surface area (Å²) in [6, 6.07) is 9.69. The van der Waals surface area contributed by atoms with Gasteiger partial charge in [0.2, 0.25) is 10.0 Å². The van der Waals surface area contributed by atoms with Crippen molar-refractivity contribution in [3.8, 4) is 0 Å². The van der Waals surface area contributed by atoms with Crippen LogP contribution in [-0.2, 0) is 16.4 Å². The molecule has 1 rings (SSSR count). The van der Waals surface area contributed by atoms with Crippen molar-refractivity contribution in [1.82, 2.24) is 4.31 Å². The van der Waals surface area contributed by atoms with Gasteiger partial charge in [-0.1, -0.05) is 46.3 Å². The van der Waals surface area contributed by atoms with Crippen LogP contribution in [0.25, 0.3) is 0 Å². The minimum atomic E-state index is -3.12. The van der Waals surface area contributed by atoms with E-state index in [2.05, 4.69) is 15.9 Å². The highest BCUT2D eigenvalue weighted by Gasteiger charge is 2.16. The van der Waals surface area contributed by atoms with E-state index in [0.29, 0.717) is 13.0 Å². The van der Waals surface area contributed by atoms with Crippen LogP contribution in [0.5, 0.6) is 0 Å². The van der Waals surface area contributed by atoms with Crippen LogP contribution in [0.2, 0.25) is 0 Å². The Kier molecular flexibility index (Phi) is 6.16. The Labute approximate surface area is 112 Å². The van der Waals surface area contributed by atoms with E-state index in [1.807, 2.05) is 30.3 Å². The Hall–Kier alpha value is -0.390. The van der Waals surface area contributed by atoms with Crippen LogP contribution in [0, 0.1) is 0 Å². The van der Waals surface area contributed by atoms with E-state index in [4.69, 9.17) is 0 Å². The van der Waals surface area contributed by atoms with Crippen molar-refractivity contribution in [2.24, 2.45) is 0 Å². The Bertz CT molecular complexity index is 419. The van der Waals surface area contributed by atoms with Gasteiger partial charge in [0.1, 0.15) is 0 Å². The van der Waals surface area contributed by atoms with Crippen LogP contribution in [0.1, 0.15) is 12.0 Å². The average Bonchev–Trinajstić information content (AvgIpc) is 2.35. The predicted octanol–water partition coefficient (Wildman–Crippen LogP) is 2.28. The van der Waals surface area contributed by atoms with Gasteiger partial charge in [-0.05, 0) is 18.4 Å². The minimum absolute atomic E-state index is 0.176. The summed E-state index contributed by atoms with van der Waals surface area (Å²) in [6.45, 7) is 0.572. The highest BCUT2D eigenvalue weighted by molar-refractivity contribution is 9.09. The molecule has 17 heavy (non-hydrogen) atoms. The highest BCUT2D eigenvalue weighted by Crippen LogP contribution is 2.06. The summed E-state index contributed by atoms with van der Waals surface area (Å²) in [4.78, 5) is 0. The molecule has 0 heterocycles. The molecule has 5 heteroatoms. The molecular weight excluding hydrogens is 302 g/mol. The number of aryl methyl sites for hydroxylation is 1. The summed E-state index contributed by atoms with van der Waals surface area (Å²) in [7, 11) is -1.48. The van der Waals surface area contributed by atoms with Crippen LogP contribution in [0.4, 0.5) is 0 Å². The molecule has 0 radical (unpaired) electrons. The van der Waals surface area contributed by atoms with E-state index in [-0.39, 0.29) is 5.75 Å². The molecule has 0 aliphatic carbocycles. The summed E-state index contributed by atoms with van der Waals surface area (Å²) < 4.78 is 25.3. The predicted molar refractivity (Wildman–Crippen MR) is 75.0 cm³/mol. The van der Waals surface area contributed by atoms with Gasteiger partial charge < -0.3 is 0 Å². The number of rotatable bonds is 7. The molecule has 0 spiro atoms. The summed E-state index contributed by atoms with van der Waals surface area (Å²) in [6.07, 6.45) is 1.41. The molecule has 0 amide bonds. The van der Waals surface area contributed by atoms with Crippen molar-refractivity contribution in [1.29, 1.82) is 0 Å². The number of sulfonamides is 1. The molecule has 0 aliphatic rings. The maximum atomic E-state index is 11.9. The van der Waals surface area contributed by atoms with E-state index >= 15 is 0 Å². The first-order chi connectivity index (χ1) is 8.06. The molecule has 0 aromatic heterocycles. The lowest BCUT2D eigenvalue weighted by atomic mass is 10.2. The molecule has 0 unspecified atom stereocenters. The van der Waals surface area contributed by atoms with Gasteiger partial charge in [-0.3, -0.25) is 0 Å². The summed E-state index contributed by atoms with van der Waals surface area (Å²) >= 11 is 3.30. The number of hydrogen-bond acceptors (Lipinski definition) is 2. The van der Waals surface area contributed by atoms with Gasteiger partial charge in [-0.25, -0.2) is 12.7 Å². The van der Waals surface area contributed by atoms with Gasteiger partial charge in [0.05, 0.1) is 5.75 Å². The van der Waals surface area contributed by atoms with Gasteiger partial charge in [-0.2, -0.15) is 0 Å². The van der Waals surface area contributed by atoms with Crippen molar-refractivity contribution in [3.63, 3.8) is 0 Å². The zero-order valence-electron chi connectivity index (χ0n) is 9.97. The first-order valence-electron chi connectivity index (χ1n) is 5.60. The second-order valence-corrected chi connectivity index (χ2v) is 6.90. The summed E-state index contributed by atoms with van der Waals surface area (Å²) in [5, 5.41) is 0.825. The normalized spacial score (nSPS) is 11.9. The fraction of sp³-hybridized carbons (Fsp3) is 0.500. The SMILES string of the molecule is CN(CCCBr)S(=O)(=O)CCc1ccccc1. The first kappa shape index (κ1) is 14.7. The Morgan fingerprint density at radius 2 is 1.88 bits per heavy atom. The third kappa shape index (κ3) is 5.19. The van der Waals surface area contributed by atoms with Gasteiger partial charge in [0.25, 0.3) is 0 Å². The van der Waals surface area contributed by atoms with Gasteiger partial charge >= 0.3 is 0 Å². The largest absolute Gasteiger partial charge is 0.214 e. The monoisotopic (exact) mass is 319 g/mol. The average molecular weight is 320 g/mol. The van der Waals surface area contributed by atoms with Crippen LogP contribution >= 0.6 is 15.9 Å². The summed E-state index contributed by atoms with van der Waals surface area (Å²) in [5.41, 5.74) is 1.06. The Morgan fingerprint density at radius 3 is 2.47 bits per heavy atom. The lowest BCUT2D eigenvalue weighted by Crippen LogP contribution is -2.31. The summed E-state index contributed by atoms with van der Waals surface area (Å²) in [5.74, 6) is 0.176. The molecular formula is C12H18BrNO2S. The molecule has 3 nitrogen and oxygen atoms in total. The minimum Gasteiger partial charge on any atom is -0.212 e. The molecule has 1 aromatic rings. The number of hydrogen-bond donors (Lipinski definition) is 0. The molecule has 1 aromatic carbocycles. The smallest absolute Gasteiger partial charge is 0.212 e. The quantitative estimate of drug-likeness (QED) is 0.723. The van der Waals surface area contributed by atoms with Gasteiger partial charge in [0, 0.05) is 18.9 Å². The zero-order chi connectivity index (χ0) is 12.7. The van der Waals surface area contributed by atoms with E-state index in [1.165, 1.54) is 4.31 Å². The lowest BCUT2D eigenvalue weighted by Gasteiger charge is -2.16. The molecule has 0 saturated carbocycles. The van der Waals surface area contributed by atoms with Crippen LogP contribution in [0.15, 0.2) is 30.3 Å². The first-order valence-corrected chi connectivity index (χ1v) is 8.33. The van der Waals surface area contributed by atoms with Crippen molar-refractivity contribution >= 4 is 26.0 Å². The molecule has 0 atom stereocenters. The second-order valence-electron chi connectivity index (χ2n) is 3.92. The Morgan fingerprint density at radius 1 is 1.24 bits per heavy atom. The van der Waals surface area contributed by atoms with Crippen molar-refractivity contribution < 1.29 is 8.42 Å². The van der Waals surface area contributed by atoms with Gasteiger partial charge in [-0.15, -0.1) is 0 Å². The molecule has 0 aliphatic heterocycles. The molecule has 0 N–H and O–H groups in total. The van der Waals surface area contributed by atoms with E-state index in [9.17, 15) is 8.42 Å². The molecule has 0 bridgehead atoms. The lowest BCUT2D eigenvalue weighted by molar-refractivity contribution is 0.470. The van der Waals surface area contributed by atoms with Crippen molar-refractivity contribution in [3.05, 3.63) is 35.9 Å². The number of alkyl halides is 1. The maximum absolute atomic E-state index is 11.9. The highest BCUT2D eigenvalue weighted by atomic mass is 79.9. The van der Waals surface area contributed by atoms with Gasteiger partial charge in [0.15, 0.2) is 0 Å². The number of benzene rings is 1. The topological polar surface area (TPSA) is 37.4 Å². The van der Waals surface area contributed by atoms with Crippen LogP contribution in [-0.4, -0.2) is 37.4 Å². The third-order valence-corrected chi connectivity index (χ3v) is 4.99. The third-order valence-electron chi connectivity index (χ3n) is 2.57. The fourth-order valence-corrected chi connectivity index (χ4v) is 2.93. The Balaban J connectivity index is 2.50. The number of nitrogens with zero attached hydrogens (tertiary/aromatic N) is 1. The molecule has 96 valence electrons. The molecule has 0 fully saturated rings. The maximum Gasteiger partial charge on any atom is 0.214 e. The van der Waals surface area contributed by atoms with Crippen molar-refractivity contribution in [2.75, 3.05) is 24.7 Å². The van der Waals surface area contributed by atoms with Crippen LogP contribution in [0.3, 0.4) is 0 Å². The van der Waals surface area contributed by atoms with E-state index in [0.717, 1.165) is 17.3 Å². The standard InChI is InChI=1S/C12H18BrNO2S/c1-14(10-5-9-13)17(15,16)11-8-12-6-3-2-4-7-12/h2-4,6-7H,5,8-11H2,1H3. The van der Waals surface area contributed by atoms with Crippen molar-refractivity contribution in [2.45, 2.75) is 12.8 Å². The fourth-order valence-electron chi connectivity index (χ4n) is 1.47. The zero-order valence-corrected chi connectivity index (χ0v) is 12.4. The second kappa shape index (κ2) is 7.13. The van der Waals surface area contributed by atoms with E-state index < -0.39 is 10.0 Å². The molecule has 0 saturated heterocycles. The van der Waals surface area contributed by atoms with Crippen LogP contribution < -0.4 is 0 Å². The number of halogens is 1. The van der Waals surface area contributed by atoms with E-state index in [1.54, 1.807) is 7.05 Å².